The van der Waals surface area contributed by atoms with Crippen LogP contribution in [0.4, 0.5) is 0 Å². The van der Waals surface area contributed by atoms with E-state index in [1.165, 1.54) is 4.57 Å². The fourth-order valence-corrected chi connectivity index (χ4v) is 5.53. The van der Waals surface area contributed by atoms with E-state index in [4.69, 9.17) is 0 Å². The number of benzene rings is 1. The first-order valence-electron chi connectivity index (χ1n) is 12.3. The van der Waals surface area contributed by atoms with Crippen LogP contribution in [0.5, 0.6) is 0 Å². The largest absolute Gasteiger partial charge is 0.339 e. The van der Waals surface area contributed by atoms with Crippen LogP contribution >= 0.6 is 0 Å². The van der Waals surface area contributed by atoms with Crippen molar-refractivity contribution in [3.8, 4) is 0 Å². The maximum Gasteiger partial charge on any atom is 0.328 e. The number of rotatable bonds is 4. The summed E-state index contributed by atoms with van der Waals surface area (Å²) in [5.41, 5.74) is -0.0550. The molecule has 2 heterocycles. The fourth-order valence-electron chi connectivity index (χ4n) is 5.53. The summed E-state index contributed by atoms with van der Waals surface area (Å²) in [5.74, 6) is 0.898. The number of carbonyl (C=O) groups excluding carboxylic acids is 2. The molecule has 0 bridgehead atoms. The predicted molar refractivity (Wildman–Crippen MR) is 125 cm³/mol. The van der Waals surface area contributed by atoms with Crippen molar-refractivity contribution >= 4 is 22.7 Å². The molecule has 176 valence electrons. The van der Waals surface area contributed by atoms with Gasteiger partial charge in [0.05, 0.1) is 10.9 Å². The summed E-state index contributed by atoms with van der Waals surface area (Å²) in [6.07, 6.45) is 6.40. The van der Waals surface area contributed by atoms with Crippen LogP contribution in [-0.2, 0) is 16.1 Å². The number of nitrogens with one attached hydrogen (secondary N) is 1. The predicted octanol–water partition coefficient (Wildman–Crippen LogP) is 1.97. The first kappa shape index (κ1) is 21.9. The highest BCUT2D eigenvalue weighted by Gasteiger charge is 2.34. The number of hydrogen-bond donors (Lipinski definition) is 1. The molecule has 3 aliphatic rings. The molecule has 2 aromatic rings. The van der Waals surface area contributed by atoms with Crippen molar-refractivity contribution in [3.63, 3.8) is 0 Å². The lowest BCUT2D eigenvalue weighted by Gasteiger charge is -2.40. The maximum atomic E-state index is 13.1. The molecule has 8 nitrogen and oxygen atoms in total. The molecule has 1 saturated heterocycles. The number of amides is 2. The van der Waals surface area contributed by atoms with Gasteiger partial charge in [-0.15, -0.1) is 0 Å². The fraction of sp³-hybridized carbons (Fsp3) is 0.600. The van der Waals surface area contributed by atoms with E-state index >= 15 is 0 Å². The molecule has 2 saturated carbocycles. The van der Waals surface area contributed by atoms with Crippen LogP contribution < -0.4 is 11.2 Å². The minimum atomic E-state index is -0.369. The highest BCUT2D eigenvalue weighted by Crippen LogP contribution is 2.32. The van der Waals surface area contributed by atoms with E-state index in [9.17, 15) is 19.2 Å². The number of fused-ring (bicyclic) bond motifs is 1. The Morgan fingerprint density at radius 2 is 1.39 bits per heavy atom. The van der Waals surface area contributed by atoms with Gasteiger partial charge in [-0.1, -0.05) is 18.6 Å². The molecule has 0 unspecified atom stereocenters. The second-order valence-electron chi connectivity index (χ2n) is 9.89. The SMILES string of the molecule is O=C(C1CCC1)N1CCN(C(=O)C2CCC(Cn3c(=O)[nH]c4ccccc4c3=O)CC2)CC1. The summed E-state index contributed by atoms with van der Waals surface area (Å²) in [7, 11) is 0. The molecule has 1 aliphatic heterocycles. The zero-order valence-corrected chi connectivity index (χ0v) is 19.0. The normalized spacial score (nSPS) is 24.0. The van der Waals surface area contributed by atoms with Crippen LogP contribution in [0.15, 0.2) is 33.9 Å². The summed E-state index contributed by atoms with van der Waals surface area (Å²) in [4.78, 5) is 57.4. The van der Waals surface area contributed by atoms with Gasteiger partial charge in [0, 0.05) is 44.6 Å². The van der Waals surface area contributed by atoms with Gasteiger partial charge in [-0.05, 0) is 56.6 Å². The van der Waals surface area contributed by atoms with Crippen molar-refractivity contribution in [1.82, 2.24) is 19.4 Å². The first-order valence-corrected chi connectivity index (χ1v) is 12.3. The van der Waals surface area contributed by atoms with Crippen molar-refractivity contribution in [3.05, 3.63) is 45.1 Å². The Balaban J connectivity index is 1.14. The second kappa shape index (κ2) is 9.15. The summed E-state index contributed by atoms with van der Waals surface area (Å²) in [6.45, 7) is 2.92. The molecule has 1 aromatic heterocycles. The number of hydrogen-bond acceptors (Lipinski definition) is 4. The Labute approximate surface area is 192 Å². The van der Waals surface area contributed by atoms with Gasteiger partial charge >= 0.3 is 5.69 Å². The van der Waals surface area contributed by atoms with Crippen molar-refractivity contribution in [2.75, 3.05) is 26.2 Å². The Morgan fingerprint density at radius 3 is 1.97 bits per heavy atom. The van der Waals surface area contributed by atoms with Gasteiger partial charge in [0.1, 0.15) is 0 Å². The Kier molecular flexibility index (Phi) is 6.08. The highest BCUT2D eigenvalue weighted by molar-refractivity contribution is 5.81. The summed E-state index contributed by atoms with van der Waals surface area (Å²) >= 11 is 0. The third-order valence-corrected chi connectivity index (χ3v) is 7.88. The number of piperazine rings is 1. The lowest BCUT2D eigenvalue weighted by atomic mass is 9.81. The smallest absolute Gasteiger partial charge is 0.328 e. The number of carbonyl (C=O) groups is 2. The van der Waals surface area contributed by atoms with Gasteiger partial charge in [0.2, 0.25) is 11.8 Å². The lowest BCUT2D eigenvalue weighted by molar-refractivity contribution is -0.146. The first-order chi connectivity index (χ1) is 16.0. The molecule has 3 fully saturated rings. The molecule has 0 spiro atoms. The van der Waals surface area contributed by atoms with Crippen LogP contribution in [-0.4, -0.2) is 57.3 Å². The maximum absolute atomic E-state index is 13.1. The molecule has 1 aromatic carbocycles. The van der Waals surface area contributed by atoms with Crippen LogP contribution in [0.3, 0.4) is 0 Å². The standard InChI is InChI=1S/C25H32N4O4/c30-22(18-4-3-5-18)27-12-14-28(15-13-27)23(31)19-10-8-17(9-11-19)16-29-24(32)20-6-1-2-7-21(20)26-25(29)33/h1-2,6-7,17-19H,3-5,8-16H2,(H,26,33). The number of aromatic nitrogens is 2. The van der Waals surface area contributed by atoms with Crippen molar-refractivity contribution in [2.24, 2.45) is 17.8 Å². The minimum Gasteiger partial charge on any atom is -0.339 e. The Bertz CT molecular complexity index is 1150. The molecule has 33 heavy (non-hydrogen) atoms. The third-order valence-electron chi connectivity index (χ3n) is 7.88. The monoisotopic (exact) mass is 452 g/mol. The lowest BCUT2D eigenvalue weighted by Crippen LogP contribution is -2.53. The van der Waals surface area contributed by atoms with E-state index in [1.54, 1.807) is 24.3 Å². The van der Waals surface area contributed by atoms with Crippen molar-refractivity contribution in [2.45, 2.75) is 51.5 Å². The van der Waals surface area contributed by atoms with E-state index in [0.29, 0.717) is 43.6 Å². The van der Waals surface area contributed by atoms with E-state index in [0.717, 1.165) is 44.9 Å². The zero-order chi connectivity index (χ0) is 22.9. The molecular weight excluding hydrogens is 420 g/mol. The Morgan fingerprint density at radius 1 is 0.818 bits per heavy atom. The van der Waals surface area contributed by atoms with Crippen molar-refractivity contribution < 1.29 is 9.59 Å². The van der Waals surface area contributed by atoms with E-state index < -0.39 is 0 Å². The zero-order valence-electron chi connectivity index (χ0n) is 19.0. The van der Waals surface area contributed by atoms with Gasteiger partial charge in [0.15, 0.2) is 0 Å². The minimum absolute atomic E-state index is 0.00161. The quantitative estimate of drug-likeness (QED) is 0.767. The van der Waals surface area contributed by atoms with Crippen LogP contribution in [0.1, 0.15) is 44.9 Å². The van der Waals surface area contributed by atoms with Crippen LogP contribution in [0.2, 0.25) is 0 Å². The van der Waals surface area contributed by atoms with Gasteiger partial charge in [-0.3, -0.25) is 19.0 Å². The molecule has 0 radical (unpaired) electrons. The summed E-state index contributed by atoms with van der Waals surface area (Å²) < 4.78 is 1.31. The highest BCUT2D eigenvalue weighted by atomic mass is 16.2. The average Bonchev–Trinajstić information content (AvgIpc) is 2.81. The average molecular weight is 453 g/mol. The number of H-pyrrole nitrogens is 1. The van der Waals surface area contributed by atoms with E-state index in [2.05, 4.69) is 4.98 Å². The number of nitrogens with zero attached hydrogens (tertiary/aromatic N) is 3. The molecule has 1 N–H and O–H groups in total. The molecule has 8 heteroatoms. The molecular formula is C25H32N4O4. The third kappa shape index (κ3) is 4.35. The van der Waals surface area contributed by atoms with Crippen LogP contribution in [0, 0.1) is 17.8 Å². The molecule has 2 aliphatic carbocycles. The Hall–Kier alpha value is -2.90. The van der Waals surface area contributed by atoms with Gasteiger partial charge in [-0.2, -0.15) is 0 Å². The molecule has 2 amide bonds. The summed E-state index contributed by atoms with van der Waals surface area (Å²) in [6, 6.07) is 7.07. The van der Waals surface area contributed by atoms with Crippen molar-refractivity contribution in [1.29, 1.82) is 0 Å². The van der Waals surface area contributed by atoms with E-state index in [1.807, 2.05) is 9.80 Å². The van der Waals surface area contributed by atoms with Gasteiger partial charge in [-0.25, -0.2) is 4.79 Å². The second-order valence-corrected chi connectivity index (χ2v) is 9.89. The number of para-hydroxylation sites is 1. The molecule has 0 atom stereocenters. The van der Waals surface area contributed by atoms with Gasteiger partial charge in [0.25, 0.3) is 5.56 Å². The topological polar surface area (TPSA) is 95.5 Å². The number of aromatic amines is 1. The van der Waals surface area contributed by atoms with Crippen LogP contribution in [0.25, 0.3) is 10.9 Å². The van der Waals surface area contributed by atoms with Gasteiger partial charge < -0.3 is 14.8 Å². The van der Waals surface area contributed by atoms with E-state index in [-0.39, 0.29) is 40.8 Å². The summed E-state index contributed by atoms with van der Waals surface area (Å²) in [5, 5.41) is 0.524. The molecule has 5 rings (SSSR count).